The predicted molar refractivity (Wildman–Crippen MR) is 84.1 cm³/mol. The number of nitrogens with one attached hydrogen (secondary N) is 3. The fraction of sp³-hybridized carbons (Fsp3) is 0.214. The smallest absolute Gasteiger partial charge is 0.350 e. The van der Waals surface area contributed by atoms with Crippen LogP contribution in [-0.2, 0) is 9.53 Å². The molecule has 0 aliphatic carbocycles. The van der Waals surface area contributed by atoms with Gasteiger partial charge in [0.25, 0.3) is 5.91 Å². The predicted octanol–water partition coefficient (Wildman–Crippen LogP) is 0.995. The maximum atomic E-state index is 11.9. The van der Waals surface area contributed by atoms with Crippen molar-refractivity contribution in [3.63, 3.8) is 0 Å². The van der Waals surface area contributed by atoms with Crippen molar-refractivity contribution in [2.45, 2.75) is 6.92 Å². The van der Waals surface area contributed by atoms with Gasteiger partial charge in [0.15, 0.2) is 5.57 Å². The molecule has 1 aromatic carbocycles. The zero-order chi connectivity index (χ0) is 16.5. The highest BCUT2D eigenvalue weighted by molar-refractivity contribution is 7.80. The van der Waals surface area contributed by atoms with Crippen LogP contribution in [-0.4, -0.2) is 36.5 Å². The average molecular weight is 321 g/mol. The zero-order valence-electron chi connectivity index (χ0n) is 12.1. The number of methoxy groups -OCH3 is 1. The Morgan fingerprint density at radius 2 is 1.91 bits per heavy atom. The van der Waals surface area contributed by atoms with Gasteiger partial charge in [-0.2, -0.15) is 0 Å². The monoisotopic (exact) mass is 321 g/mol. The van der Waals surface area contributed by atoms with Crippen LogP contribution in [0.3, 0.4) is 0 Å². The van der Waals surface area contributed by atoms with Gasteiger partial charge in [-0.1, -0.05) is 12.2 Å². The van der Waals surface area contributed by atoms with E-state index in [0.717, 1.165) is 0 Å². The number of ether oxygens (including phenoxy) is 2. The summed E-state index contributed by atoms with van der Waals surface area (Å²) >= 11 is 4.91. The van der Waals surface area contributed by atoms with Gasteiger partial charge >= 0.3 is 5.97 Å². The Labute approximate surface area is 132 Å². The molecule has 0 unspecified atom stereocenters. The Morgan fingerprint density at radius 3 is 2.41 bits per heavy atom. The molecule has 0 saturated heterocycles. The van der Waals surface area contributed by atoms with Crippen LogP contribution in [0.1, 0.15) is 17.3 Å². The van der Waals surface area contributed by atoms with Crippen molar-refractivity contribution in [1.29, 1.82) is 5.41 Å². The summed E-state index contributed by atoms with van der Waals surface area (Å²) in [6, 6.07) is 6.40. The zero-order valence-corrected chi connectivity index (χ0v) is 12.9. The topological polar surface area (TPSA) is 101 Å². The molecule has 0 aliphatic rings. The number of carbonyl (C=O) groups is 2. The second kappa shape index (κ2) is 8.56. The first-order chi connectivity index (χ1) is 10.5. The van der Waals surface area contributed by atoms with Crippen molar-refractivity contribution in [2.24, 2.45) is 0 Å². The number of amides is 1. The first-order valence-corrected chi connectivity index (χ1v) is 6.65. The molecule has 0 bridgehead atoms. The third kappa shape index (κ3) is 4.69. The number of hydrogen-bond acceptors (Lipinski definition) is 6. The summed E-state index contributed by atoms with van der Waals surface area (Å²) in [5.41, 5.74) is 4.80. The second-order valence-electron chi connectivity index (χ2n) is 3.86. The van der Waals surface area contributed by atoms with E-state index in [4.69, 9.17) is 27.1 Å². The number of hydrazine groups is 1. The van der Waals surface area contributed by atoms with Crippen LogP contribution in [0.25, 0.3) is 0 Å². The van der Waals surface area contributed by atoms with Crippen molar-refractivity contribution < 1.29 is 19.1 Å². The fourth-order valence-corrected chi connectivity index (χ4v) is 1.58. The minimum atomic E-state index is -0.784. The summed E-state index contributed by atoms with van der Waals surface area (Å²) in [5, 5.41) is 7.05. The highest BCUT2D eigenvalue weighted by Crippen LogP contribution is 2.10. The minimum Gasteiger partial charge on any atom is -0.497 e. The van der Waals surface area contributed by atoms with Gasteiger partial charge in [-0.25, -0.2) is 4.79 Å². The third-order valence-electron chi connectivity index (χ3n) is 2.47. The first-order valence-electron chi connectivity index (χ1n) is 6.25. The third-order valence-corrected chi connectivity index (χ3v) is 2.78. The van der Waals surface area contributed by atoms with E-state index in [-0.39, 0.29) is 17.2 Å². The molecule has 3 N–H and O–H groups in total. The van der Waals surface area contributed by atoms with Crippen LogP contribution in [0.5, 0.6) is 5.75 Å². The molecule has 1 rings (SSSR count). The van der Waals surface area contributed by atoms with Crippen molar-refractivity contribution >= 4 is 35.0 Å². The molecule has 8 heteroatoms. The molecule has 0 saturated carbocycles. The van der Waals surface area contributed by atoms with Gasteiger partial charge < -0.3 is 9.47 Å². The Morgan fingerprint density at radius 1 is 1.27 bits per heavy atom. The van der Waals surface area contributed by atoms with Crippen LogP contribution in [0, 0.1) is 5.41 Å². The lowest BCUT2D eigenvalue weighted by molar-refractivity contribution is -0.137. The van der Waals surface area contributed by atoms with E-state index in [9.17, 15) is 9.59 Å². The van der Waals surface area contributed by atoms with Crippen molar-refractivity contribution in [2.75, 3.05) is 13.7 Å². The Hall–Kier alpha value is -2.70. The van der Waals surface area contributed by atoms with E-state index in [1.165, 1.54) is 7.11 Å². The molecule has 1 amide bonds. The minimum absolute atomic E-state index is 0.144. The molecule has 22 heavy (non-hydrogen) atoms. The largest absolute Gasteiger partial charge is 0.497 e. The van der Waals surface area contributed by atoms with Crippen LogP contribution in [0.4, 0.5) is 0 Å². The van der Waals surface area contributed by atoms with Gasteiger partial charge in [0.05, 0.1) is 13.7 Å². The van der Waals surface area contributed by atoms with Gasteiger partial charge in [0.1, 0.15) is 10.7 Å². The number of rotatable bonds is 5. The van der Waals surface area contributed by atoms with Crippen molar-refractivity contribution in [3.05, 3.63) is 35.4 Å². The number of thiocarbonyl (C=S) groups is 1. The lowest BCUT2D eigenvalue weighted by Gasteiger charge is -2.10. The molecular formula is C14H15N3O4S. The Balaban J connectivity index is 2.64. The lowest BCUT2D eigenvalue weighted by atomic mass is 10.2. The maximum Gasteiger partial charge on any atom is 0.350 e. The van der Waals surface area contributed by atoms with E-state index in [1.807, 2.05) is 5.87 Å². The SMILES string of the molecule is CCOC(=O)C(=C=N)C(=S)NNC(=O)c1ccc(OC)cc1. The quantitative estimate of drug-likeness (QED) is 0.246. The molecule has 116 valence electrons. The molecule has 7 nitrogen and oxygen atoms in total. The molecule has 0 fully saturated rings. The molecule has 0 heterocycles. The first kappa shape index (κ1) is 17.4. The fourth-order valence-electron chi connectivity index (χ4n) is 1.39. The number of benzene rings is 1. The van der Waals surface area contributed by atoms with Crippen LogP contribution >= 0.6 is 12.2 Å². The Bertz CT molecular complexity index is 621. The molecule has 0 radical (unpaired) electrons. The van der Waals surface area contributed by atoms with Crippen molar-refractivity contribution in [1.82, 2.24) is 10.9 Å². The second-order valence-corrected chi connectivity index (χ2v) is 4.27. The average Bonchev–Trinajstić information content (AvgIpc) is 2.53. The normalized spacial score (nSPS) is 9.18. The van der Waals surface area contributed by atoms with Gasteiger partial charge in [0.2, 0.25) is 0 Å². The van der Waals surface area contributed by atoms with E-state index < -0.39 is 11.9 Å². The molecule has 0 aromatic heterocycles. The van der Waals surface area contributed by atoms with Gasteiger partial charge in [0, 0.05) is 5.56 Å². The molecular weight excluding hydrogens is 306 g/mol. The molecule has 1 aromatic rings. The van der Waals surface area contributed by atoms with E-state index in [2.05, 4.69) is 10.9 Å². The summed E-state index contributed by atoms with van der Waals surface area (Å²) in [6.07, 6.45) is 0. The van der Waals surface area contributed by atoms with E-state index in [0.29, 0.717) is 11.3 Å². The number of carbonyl (C=O) groups excluding carboxylic acids is 2. The molecule has 0 atom stereocenters. The summed E-state index contributed by atoms with van der Waals surface area (Å²) < 4.78 is 9.71. The van der Waals surface area contributed by atoms with Gasteiger partial charge in [-0.3, -0.25) is 21.1 Å². The maximum absolute atomic E-state index is 11.9. The summed E-state index contributed by atoms with van der Waals surface area (Å²) in [5.74, 6) is 1.26. The standard InChI is InChI=1S/C14H15N3O4S/c1-3-21-14(19)11(8-15)13(22)17-16-12(18)9-4-6-10(20-2)7-5-9/h4-7,15H,3H2,1-2H3,(H,16,18)(H,17,22). The number of esters is 1. The van der Waals surface area contributed by atoms with Gasteiger partial charge in [-0.05, 0) is 37.1 Å². The van der Waals surface area contributed by atoms with Crippen LogP contribution in [0.2, 0.25) is 0 Å². The highest BCUT2D eigenvalue weighted by atomic mass is 32.1. The molecule has 0 aliphatic heterocycles. The van der Waals surface area contributed by atoms with Crippen molar-refractivity contribution in [3.8, 4) is 5.75 Å². The Kier molecular flexibility index (Phi) is 6.75. The molecule has 0 spiro atoms. The van der Waals surface area contributed by atoms with E-state index in [1.54, 1.807) is 31.2 Å². The van der Waals surface area contributed by atoms with Crippen LogP contribution in [0.15, 0.2) is 29.8 Å². The van der Waals surface area contributed by atoms with E-state index >= 15 is 0 Å². The highest BCUT2D eigenvalue weighted by Gasteiger charge is 2.17. The number of hydrogen-bond donors (Lipinski definition) is 3. The summed E-state index contributed by atoms with van der Waals surface area (Å²) in [4.78, 5) is 23.2. The lowest BCUT2D eigenvalue weighted by Crippen LogP contribution is -2.42. The summed E-state index contributed by atoms with van der Waals surface area (Å²) in [7, 11) is 1.52. The summed E-state index contributed by atoms with van der Waals surface area (Å²) in [6.45, 7) is 1.77. The van der Waals surface area contributed by atoms with Gasteiger partial charge in [-0.15, -0.1) is 0 Å². The van der Waals surface area contributed by atoms with Crippen LogP contribution < -0.4 is 15.6 Å².